The lowest BCUT2D eigenvalue weighted by Gasteiger charge is -2.22. The molecule has 1 N–H and O–H groups in total. The second-order valence-electron chi connectivity index (χ2n) is 6.39. The van der Waals surface area contributed by atoms with Gasteiger partial charge in [0, 0.05) is 26.1 Å². The molecule has 0 bridgehead atoms. The van der Waals surface area contributed by atoms with Gasteiger partial charge < -0.3 is 19.7 Å². The minimum atomic E-state index is -0.802. The SMILES string of the molecule is CN(C)C(=O)[C@@H](NC(=O)c1cc(Cl)c2c(c1)OCCCO2)c1ccccc1. The minimum absolute atomic E-state index is 0.227. The van der Waals surface area contributed by atoms with E-state index in [9.17, 15) is 9.59 Å². The van der Waals surface area contributed by atoms with Crippen LogP contribution in [0.2, 0.25) is 5.02 Å². The third-order valence-electron chi connectivity index (χ3n) is 4.16. The number of carbonyl (C=O) groups is 2. The molecule has 1 heterocycles. The average Bonchev–Trinajstić information content (AvgIpc) is 2.92. The van der Waals surface area contributed by atoms with Crippen LogP contribution in [0.4, 0.5) is 0 Å². The second kappa shape index (κ2) is 8.31. The Morgan fingerprint density at radius 2 is 1.81 bits per heavy atom. The second-order valence-corrected chi connectivity index (χ2v) is 6.79. The van der Waals surface area contributed by atoms with Gasteiger partial charge in [-0.05, 0) is 17.7 Å². The summed E-state index contributed by atoms with van der Waals surface area (Å²) in [7, 11) is 3.30. The van der Waals surface area contributed by atoms with Crippen molar-refractivity contribution >= 4 is 23.4 Å². The van der Waals surface area contributed by atoms with E-state index in [1.165, 1.54) is 11.0 Å². The van der Waals surface area contributed by atoms with Crippen LogP contribution in [0.25, 0.3) is 0 Å². The molecule has 0 saturated carbocycles. The quantitative estimate of drug-likeness (QED) is 0.874. The molecule has 6 nitrogen and oxygen atoms in total. The minimum Gasteiger partial charge on any atom is -0.489 e. The first-order valence-corrected chi connectivity index (χ1v) is 9.01. The van der Waals surface area contributed by atoms with Crippen LogP contribution in [0.5, 0.6) is 11.5 Å². The van der Waals surface area contributed by atoms with E-state index in [1.807, 2.05) is 18.2 Å². The highest BCUT2D eigenvalue weighted by Gasteiger charge is 2.26. The molecule has 27 heavy (non-hydrogen) atoms. The van der Waals surface area contributed by atoms with Crippen molar-refractivity contribution in [2.75, 3.05) is 27.3 Å². The van der Waals surface area contributed by atoms with Crippen LogP contribution < -0.4 is 14.8 Å². The lowest BCUT2D eigenvalue weighted by molar-refractivity contribution is -0.130. The topological polar surface area (TPSA) is 67.9 Å². The molecular formula is C20H21ClN2O4. The maximum Gasteiger partial charge on any atom is 0.252 e. The summed E-state index contributed by atoms with van der Waals surface area (Å²) >= 11 is 6.27. The average molecular weight is 389 g/mol. The lowest BCUT2D eigenvalue weighted by Crippen LogP contribution is -2.39. The normalized spacial score (nSPS) is 14.0. The fourth-order valence-corrected chi connectivity index (χ4v) is 3.03. The summed E-state index contributed by atoms with van der Waals surface area (Å²) in [6.07, 6.45) is 0.736. The Kier molecular flexibility index (Phi) is 5.86. The third-order valence-corrected chi connectivity index (χ3v) is 4.44. The fraction of sp³-hybridized carbons (Fsp3) is 0.300. The van der Waals surface area contributed by atoms with Gasteiger partial charge in [-0.1, -0.05) is 41.9 Å². The molecule has 2 amide bonds. The van der Waals surface area contributed by atoms with E-state index in [0.717, 1.165) is 6.42 Å². The molecule has 0 fully saturated rings. The fourth-order valence-electron chi connectivity index (χ4n) is 2.77. The Labute approximate surface area is 163 Å². The first-order valence-electron chi connectivity index (χ1n) is 8.63. The van der Waals surface area contributed by atoms with E-state index in [2.05, 4.69) is 5.32 Å². The zero-order valence-corrected chi connectivity index (χ0v) is 16.0. The lowest BCUT2D eigenvalue weighted by atomic mass is 10.0. The molecule has 7 heteroatoms. The van der Waals surface area contributed by atoms with E-state index < -0.39 is 11.9 Å². The van der Waals surface area contributed by atoms with Crippen molar-refractivity contribution in [2.24, 2.45) is 0 Å². The first kappa shape index (κ1) is 19.0. The number of halogens is 1. The van der Waals surface area contributed by atoms with E-state index in [4.69, 9.17) is 21.1 Å². The Morgan fingerprint density at radius 1 is 1.11 bits per heavy atom. The number of likely N-dealkylation sites (N-methyl/N-ethyl adjacent to an activating group) is 1. The highest BCUT2D eigenvalue weighted by atomic mass is 35.5. The maximum absolute atomic E-state index is 12.8. The number of nitrogens with one attached hydrogen (secondary N) is 1. The van der Waals surface area contributed by atoms with Gasteiger partial charge in [-0.15, -0.1) is 0 Å². The van der Waals surface area contributed by atoms with Gasteiger partial charge in [-0.2, -0.15) is 0 Å². The molecule has 0 aliphatic carbocycles. The highest BCUT2D eigenvalue weighted by Crippen LogP contribution is 2.38. The number of hydrogen-bond donors (Lipinski definition) is 1. The molecule has 0 saturated heterocycles. The summed E-state index contributed by atoms with van der Waals surface area (Å²) < 4.78 is 11.2. The summed E-state index contributed by atoms with van der Waals surface area (Å²) in [5.74, 6) is 0.224. The number of ether oxygens (including phenoxy) is 2. The van der Waals surface area contributed by atoms with Gasteiger partial charge in [0.1, 0.15) is 6.04 Å². The highest BCUT2D eigenvalue weighted by molar-refractivity contribution is 6.32. The molecule has 2 aromatic rings. The maximum atomic E-state index is 12.8. The van der Waals surface area contributed by atoms with Gasteiger partial charge >= 0.3 is 0 Å². The largest absolute Gasteiger partial charge is 0.489 e. The number of fused-ring (bicyclic) bond motifs is 1. The molecule has 142 valence electrons. The number of rotatable bonds is 4. The van der Waals surface area contributed by atoms with Gasteiger partial charge in [0.05, 0.1) is 18.2 Å². The van der Waals surface area contributed by atoms with E-state index in [0.29, 0.717) is 40.9 Å². The molecule has 0 unspecified atom stereocenters. The van der Waals surface area contributed by atoms with Gasteiger partial charge in [-0.25, -0.2) is 0 Å². The van der Waals surface area contributed by atoms with Gasteiger partial charge in [-0.3, -0.25) is 9.59 Å². The van der Waals surface area contributed by atoms with Crippen LogP contribution in [0, 0.1) is 0 Å². The number of amides is 2. The first-order chi connectivity index (χ1) is 13.0. The van der Waals surface area contributed by atoms with Crippen molar-refractivity contribution in [3.8, 4) is 11.5 Å². The molecule has 3 rings (SSSR count). The van der Waals surface area contributed by atoms with Gasteiger partial charge in [0.2, 0.25) is 5.91 Å². The standard InChI is InChI=1S/C20H21ClN2O4/c1-23(2)20(25)17(13-7-4-3-5-8-13)22-19(24)14-11-15(21)18-16(12-14)26-9-6-10-27-18/h3-5,7-8,11-12,17H,6,9-10H2,1-2H3,(H,22,24)/t17-/m0/s1. The summed E-state index contributed by atoms with van der Waals surface area (Å²) in [6, 6.07) is 11.4. The summed E-state index contributed by atoms with van der Waals surface area (Å²) in [5.41, 5.74) is 1.00. The van der Waals surface area contributed by atoms with E-state index >= 15 is 0 Å². The van der Waals surface area contributed by atoms with Crippen molar-refractivity contribution in [1.29, 1.82) is 0 Å². The van der Waals surface area contributed by atoms with Crippen LogP contribution in [0.3, 0.4) is 0 Å². The molecule has 2 aromatic carbocycles. The predicted octanol–water partition coefficient (Wildman–Crippen LogP) is 3.06. The van der Waals surface area contributed by atoms with Crippen molar-refractivity contribution in [1.82, 2.24) is 10.2 Å². The molecule has 0 spiro atoms. The molecule has 0 radical (unpaired) electrons. The number of carbonyl (C=O) groups excluding carboxylic acids is 2. The molecular weight excluding hydrogens is 368 g/mol. The van der Waals surface area contributed by atoms with Crippen LogP contribution in [0.1, 0.15) is 28.4 Å². The number of nitrogens with zero attached hydrogens (tertiary/aromatic N) is 1. The monoisotopic (exact) mass is 388 g/mol. The van der Waals surface area contributed by atoms with Crippen LogP contribution in [0.15, 0.2) is 42.5 Å². The van der Waals surface area contributed by atoms with Crippen LogP contribution in [-0.2, 0) is 4.79 Å². The van der Waals surface area contributed by atoms with Gasteiger partial charge in [0.15, 0.2) is 11.5 Å². The smallest absolute Gasteiger partial charge is 0.252 e. The van der Waals surface area contributed by atoms with E-state index in [1.54, 1.807) is 32.3 Å². The third kappa shape index (κ3) is 4.34. The zero-order chi connectivity index (χ0) is 19.4. The molecule has 1 aliphatic rings. The van der Waals surface area contributed by atoms with Crippen molar-refractivity contribution in [2.45, 2.75) is 12.5 Å². The predicted molar refractivity (Wildman–Crippen MR) is 102 cm³/mol. The van der Waals surface area contributed by atoms with Crippen LogP contribution >= 0.6 is 11.6 Å². The van der Waals surface area contributed by atoms with Crippen LogP contribution in [-0.4, -0.2) is 44.0 Å². The van der Waals surface area contributed by atoms with Crippen molar-refractivity contribution in [3.63, 3.8) is 0 Å². The zero-order valence-electron chi connectivity index (χ0n) is 15.2. The van der Waals surface area contributed by atoms with Crippen molar-refractivity contribution in [3.05, 3.63) is 58.6 Å². The van der Waals surface area contributed by atoms with Gasteiger partial charge in [0.25, 0.3) is 5.91 Å². The Bertz CT molecular complexity index is 839. The Hall–Kier alpha value is -2.73. The van der Waals surface area contributed by atoms with Crippen molar-refractivity contribution < 1.29 is 19.1 Å². The number of hydrogen-bond acceptors (Lipinski definition) is 4. The Morgan fingerprint density at radius 3 is 2.52 bits per heavy atom. The van der Waals surface area contributed by atoms with E-state index in [-0.39, 0.29) is 5.91 Å². The summed E-state index contributed by atoms with van der Waals surface area (Å²) in [4.78, 5) is 26.9. The summed E-state index contributed by atoms with van der Waals surface area (Å²) in [6.45, 7) is 0.992. The summed E-state index contributed by atoms with van der Waals surface area (Å²) in [5, 5.41) is 3.10. The molecule has 1 aliphatic heterocycles. The molecule has 0 aromatic heterocycles. The number of benzene rings is 2. The Balaban J connectivity index is 1.89. The molecule has 1 atom stereocenters.